The van der Waals surface area contributed by atoms with Crippen LogP contribution in [0, 0.1) is 0 Å². The van der Waals surface area contributed by atoms with Gasteiger partial charge in [0.25, 0.3) is 0 Å². The van der Waals surface area contributed by atoms with Crippen molar-refractivity contribution < 1.29 is 14.3 Å². The summed E-state index contributed by atoms with van der Waals surface area (Å²) >= 11 is 0. The second-order valence-corrected chi connectivity index (χ2v) is 6.12. The fourth-order valence-corrected chi connectivity index (χ4v) is 2.89. The minimum Gasteiger partial charge on any atom is -0.492 e. The van der Waals surface area contributed by atoms with Crippen molar-refractivity contribution in [2.45, 2.75) is 13.0 Å². The molecule has 134 valence electrons. The molecule has 0 spiro atoms. The van der Waals surface area contributed by atoms with Crippen molar-refractivity contribution in [3.63, 3.8) is 0 Å². The Labute approximate surface area is 144 Å². The Kier molecular flexibility index (Phi) is 8.01. The molecule has 1 heterocycles. The standard InChI is InChI=1S/C18H29N3O3/c1-16-14-20(9-10-21(16)11-13-23-2)15-18(22)19-8-12-24-17-6-4-3-5-7-17/h3-7,16H,8-15H2,1-2H3,(H,19,22). The zero-order valence-corrected chi connectivity index (χ0v) is 14.7. The third-order valence-electron chi connectivity index (χ3n) is 4.24. The molecule has 0 aliphatic carbocycles. The van der Waals surface area contributed by atoms with Gasteiger partial charge in [-0.1, -0.05) is 18.2 Å². The second-order valence-electron chi connectivity index (χ2n) is 6.12. The summed E-state index contributed by atoms with van der Waals surface area (Å²) in [4.78, 5) is 16.7. The zero-order valence-electron chi connectivity index (χ0n) is 14.7. The number of methoxy groups -OCH3 is 1. The lowest BCUT2D eigenvalue weighted by atomic mass is 10.2. The first kappa shape index (κ1) is 18.7. The average molecular weight is 335 g/mol. The lowest BCUT2D eigenvalue weighted by molar-refractivity contribution is -0.123. The SMILES string of the molecule is COCCN1CCN(CC(=O)NCCOc2ccccc2)CC1C. The van der Waals surface area contributed by atoms with Crippen molar-refractivity contribution >= 4 is 5.91 Å². The molecule has 0 saturated carbocycles. The van der Waals surface area contributed by atoms with Gasteiger partial charge >= 0.3 is 0 Å². The summed E-state index contributed by atoms with van der Waals surface area (Å²) in [5.41, 5.74) is 0. The molecule has 1 aromatic carbocycles. The summed E-state index contributed by atoms with van der Waals surface area (Å²) in [5, 5.41) is 2.92. The van der Waals surface area contributed by atoms with E-state index < -0.39 is 0 Å². The largest absolute Gasteiger partial charge is 0.492 e. The highest BCUT2D eigenvalue weighted by atomic mass is 16.5. The first-order valence-electron chi connectivity index (χ1n) is 8.59. The van der Waals surface area contributed by atoms with Gasteiger partial charge in [-0.3, -0.25) is 14.6 Å². The topological polar surface area (TPSA) is 54.0 Å². The predicted octanol–water partition coefficient (Wildman–Crippen LogP) is 0.834. The Bertz CT molecular complexity index is 484. The molecule has 1 aliphatic rings. The molecule has 1 aromatic rings. The number of para-hydroxylation sites is 1. The number of rotatable bonds is 9. The molecule has 0 radical (unpaired) electrons. The predicted molar refractivity (Wildman–Crippen MR) is 94.3 cm³/mol. The van der Waals surface area contributed by atoms with E-state index in [2.05, 4.69) is 22.0 Å². The lowest BCUT2D eigenvalue weighted by Crippen LogP contribution is -2.54. The number of carbonyl (C=O) groups excluding carboxylic acids is 1. The van der Waals surface area contributed by atoms with E-state index in [1.807, 2.05) is 30.3 Å². The van der Waals surface area contributed by atoms with E-state index in [0.29, 0.717) is 25.7 Å². The third-order valence-corrected chi connectivity index (χ3v) is 4.24. The van der Waals surface area contributed by atoms with Crippen LogP contribution >= 0.6 is 0 Å². The molecular formula is C18H29N3O3. The number of nitrogens with one attached hydrogen (secondary N) is 1. The van der Waals surface area contributed by atoms with Crippen molar-refractivity contribution in [2.24, 2.45) is 0 Å². The Morgan fingerprint density at radius 1 is 1.25 bits per heavy atom. The molecule has 1 N–H and O–H groups in total. The molecule has 1 saturated heterocycles. The van der Waals surface area contributed by atoms with Crippen LogP contribution in [0.5, 0.6) is 5.75 Å². The molecule has 1 aliphatic heterocycles. The van der Waals surface area contributed by atoms with Gasteiger partial charge in [-0.15, -0.1) is 0 Å². The molecule has 1 atom stereocenters. The van der Waals surface area contributed by atoms with Gasteiger partial charge in [0, 0.05) is 39.3 Å². The fraction of sp³-hybridized carbons (Fsp3) is 0.611. The average Bonchev–Trinajstić information content (AvgIpc) is 2.59. The fourth-order valence-electron chi connectivity index (χ4n) is 2.89. The quantitative estimate of drug-likeness (QED) is 0.678. The van der Waals surface area contributed by atoms with E-state index in [1.54, 1.807) is 7.11 Å². The maximum Gasteiger partial charge on any atom is 0.234 e. The molecule has 6 nitrogen and oxygen atoms in total. The molecule has 1 fully saturated rings. The normalized spacial score (nSPS) is 19.2. The van der Waals surface area contributed by atoms with Crippen molar-refractivity contribution in [3.05, 3.63) is 30.3 Å². The van der Waals surface area contributed by atoms with Gasteiger partial charge in [0.1, 0.15) is 12.4 Å². The zero-order chi connectivity index (χ0) is 17.2. The lowest BCUT2D eigenvalue weighted by Gasteiger charge is -2.39. The van der Waals surface area contributed by atoms with Crippen molar-refractivity contribution in [1.29, 1.82) is 0 Å². The molecule has 0 bridgehead atoms. The van der Waals surface area contributed by atoms with E-state index in [4.69, 9.17) is 9.47 Å². The summed E-state index contributed by atoms with van der Waals surface area (Å²) in [6, 6.07) is 10.1. The monoisotopic (exact) mass is 335 g/mol. The van der Waals surface area contributed by atoms with Crippen LogP contribution < -0.4 is 10.1 Å². The van der Waals surface area contributed by atoms with Crippen LogP contribution in [0.4, 0.5) is 0 Å². The van der Waals surface area contributed by atoms with Crippen LogP contribution in [-0.4, -0.2) is 81.3 Å². The van der Waals surface area contributed by atoms with Crippen LogP contribution in [0.25, 0.3) is 0 Å². The van der Waals surface area contributed by atoms with Gasteiger partial charge in [-0.05, 0) is 19.1 Å². The number of piperazine rings is 1. The molecular weight excluding hydrogens is 306 g/mol. The van der Waals surface area contributed by atoms with Crippen molar-refractivity contribution in [2.75, 3.05) is 59.6 Å². The van der Waals surface area contributed by atoms with E-state index in [1.165, 1.54) is 0 Å². The van der Waals surface area contributed by atoms with E-state index in [-0.39, 0.29) is 5.91 Å². The highest BCUT2D eigenvalue weighted by Gasteiger charge is 2.24. The molecule has 6 heteroatoms. The maximum absolute atomic E-state index is 12.0. The molecule has 24 heavy (non-hydrogen) atoms. The molecule has 2 rings (SSSR count). The maximum atomic E-state index is 12.0. The summed E-state index contributed by atoms with van der Waals surface area (Å²) in [6.07, 6.45) is 0. The minimum absolute atomic E-state index is 0.0594. The Morgan fingerprint density at radius 3 is 2.75 bits per heavy atom. The van der Waals surface area contributed by atoms with Crippen LogP contribution in [0.15, 0.2) is 30.3 Å². The third kappa shape index (κ3) is 6.47. The Hall–Kier alpha value is -1.63. The molecule has 0 aromatic heterocycles. The van der Waals surface area contributed by atoms with E-state index in [9.17, 15) is 4.79 Å². The summed E-state index contributed by atoms with van der Waals surface area (Å²) < 4.78 is 10.7. The summed E-state index contributed by atoms with van der Waals surface area (Å²) in [7, 11) is 1.73. The molecule has 1 unspecified atom stereocenters. The first-order valence-corrected chi connectivity index (χ1v) is 8.59. The van der Waals surface area contributed by atoms with E-state index in [0.717, 1.165) is 38.5 Å². The first-order chi connectivity index (χ1) is 11.7. The number of hydrogen-bond acceptors (Lipinski definition) is 5. The van der Waals surface area contributed by atoms with Crippen molar-refractivity contribution in [1.82, 2.24) is 15.1 Å². The van der Waals surface area contributed by atoms with Gasteiger partial charge in [0.2, 0.25) is 5.91 Å². The van der Waals surface area contributed by atoms with Gasteiger partial charge in [0.15, 0.2) is 0 Å². The Morgan fingerprint density at radius 2 is 2.04 bits per heavy atom. The van der Waals surface area contributed by atoms with Crippen molar-refractivity contribution in [3.8, 4) is 5.75 Å². The van der Waals surface area contributed by atoms with Crippen LogP contribution in [0.3, 0.4) is 0 Å². The number of hydrogen-bond donors (Lipinski definition) is 1. The number of carbonyl (C=O) groups is 1. The Balaban J connectivity index is 1.59. The van der Waals surface area contributed by atoms with Crippen LogP contribution in [0.2, 0.25) is 0 Å². The van der Waals surface area contributed by atoms with Gasteiger partial charge in [-0.25, -0.2) is 0 Å². The smallest absolute Gasteiger partial charge is 0.234 e. The van der Waals surface area contributed by atoms with Gasteiger partial charge < -0.3 is 14.8 Å². The van der Waals surface area contributed by atoms with Crippen LogP contribution in [0.1, 0.15) is 6.92 Å². The summed E-state index contributed by atoms with van der Waals surface area (Å²) in [6.45, 7) is 8.19. The second kappa shape index (κ2) is 10.3. The summed E-state index contributed by atoms with van der Waals surface area (Å²) in [5.74, 6) is 0.886. The molecule has 1 amide bonds. The number of amides is 1. The highest BCUT2D eigenvalue weighted by molar-refractivity contribution is 5.78. The number of nitrogens with zero attached hydrogens (tertiary/aromatic N) is 2. The number of benzene rings is 1. The van der Waals surface area contributed by atoms with Crippen LogP contribution in [-0.2, 0) is 9.53 Å². The van der Waals surface area contributed by atoms with Gasteiger partial charge in [-0.2, -0.15) is 0 Å². The number of ether oxygens (including phenoxy) is 2. The van der Waals surface area contributed by atoms with Gasteiger partial charge in [0.05, 0.1) is 19.7 Å². The minimum atomic E-state index is 0.0594. The highest BCUT2D eigenvalue weighted by Crippen LogP contribution is 2.09. The van der Waals surface area contributed by atoms with E-state index >= 15 is 0 Å².